The Kier molecular flexibility index (Phi) is 1.32. The first-order valence-electron chi connectivity index (χ1n) is 4.67. The van der Waals surface area contributed by atoms with Crippen LogP contribution in [0.25, 0.3) is 0 Å². The highest BCUT2D eigenvalue weighted by atomic mass is 16.3. The van der Waals surface area contributed by atoms with Crippen molar-refractivity contribution in [2.24, 2.45) is 17.3 Å². The van der Waals surface area contributed by atoms with Gasteiger partial charge in [0, 0.05) is 5.71 Å². The monoisotopic (exact) mass is 167 g/mol. The molecule has 2 N–H and O–H groups in total. The van der Waals surface area contributed by atoms with Gasteiger partial charge in [-0.1, -0.05) is 13.8 Å². The second-order valence-electron chi connectivity index (χ2n) is 5.14. The summed E-state index contributed by atoms with van der Waals surface area (Å²) in [5, 5.41) is 17.7. The zero-order valence-electron chi connectivity index (χ0n) is 8.02. The van der Waals surface area contributed by atoms with E-state index in [0.29, 0.717) is 17.5 Å². The van der Waals surface area contributed by atoms with E-state index in [1.807, 2.05) is 0 Å². The third-order valence-corrected chi connectivity index (χ3v) is 4.21. The van der Waals surface area contributed by atoms with Crippen molar-refractivity contribution in [3.05, 3.63) is 0 Å². The molecular weight excluding hydrogens is 150 g/mol. The lowest BCUT2D eigenvalue weighted by Crippen LogP contribution is -2.64. The molecule has 68 valence electrons. The number of hydrogen-bond donors (Lipinski definition) is 2. The number of hydrogen-bond acceptors (Lipinski definition) is 2. The summed E-state index contributed by atoms with van der Waals surface area (Å²) in [5.74, 6) is 0.964. The van der Waals surface area contributed by atoms with Gasteiger partial charge in [0.1, 0.15) is 5.60 Å². The Morgan fingerprint density at radius 2 is 2.00 bits per heavy atom. The summed E-state index contributed by atoms with van der Waals surface area (Å²) >= 11 is 0. The molecule has 0 aliphatic heterocycles. The summed E-state index contributed by atoms with van der Waals surface area (Å²) in [4.78, 5) is 0. The lowest BCUT2D eigenvalue weighted by Gasteiger charge is -2.62. The van der Waals surface area contributed by atoms with Crippen molar-refractivity contribution in [3.8, 4) is 0 Å². The molecule has 2 heteroatoms. The van der Waals surface area contributed by atoms with Gasteiger partial charge in [0.2, 0.25) is 0 Å². The van der Waals surface area contributed by atoms with Crippen molar-refractivity contribution in [3.63, 3.8) is 0 Å². The van der Waals surface area contributed by atoms with Crippen molar-refractivity contribution in [2.75, 3.05) is 0 Å². The maximum Gasteiger partial charge on any atom is 0.102 e. The predicted octanol–water partition coefficient (Wildman–Crippen LogP) is 1.82. The minimum Gasteiger partial charge on any atom is -0.384 e. The van der Waals surface area contributed by atoms with Crippen LogP contribution in [-0.2, 0) is 0 Å². The van der Waals surface area contributed by atoms with Crippen LogP contribution >= 0.6 is 0 Å². The molecule has 2 unspecified atom stereocenters. The zero-order chi connectivity index (χ0) is 9.15. The van der Waals surface area contributed by atoms with E-state index >= 15 is 0 Å². The predicted molar refractivity (Wildman–Crippen MR) is 48.3 cm³/mol. The Morgan fingerprint density at radius 3 is 2.33 bits per heavy atom. The Hall–Kier alpha value is -0.370. The summed E-state index contributed by atoms with van der Waals surface area (Å²) in [6.07, 6.45) is 1.92. The Balaban J connectivity index is 2.33. The molecule has 2 nitrogen and oxygen atoms in total. The minimum atomic E-state index is -0.821. The fourth-order valence-electron chi connectivity index (χ4n) is 2.98. The normalized spacial score (nSPS) is 50.2. The van der Waals surface area contributed by atoms with Crippen LogP contribution < -0.4 is 0 Å². The van der Waals surface area contributed by atoms with Gasteiger partial charge >= 0.3 is 0 Å². The average Bonchev–Trinajstić information content (AvgIpc) is 1.93. The van der Waals surface area contributed by atoms with Crippen LogP contribution in [0.1, 0.15) is 33.6 Å². The summed E-state index contributed by atoms with van der Waals surface area (Å²) in [7, 11) is 0. The first-order chi connectivity index (χ1) is 5.37. The second kappa shape index (κ2) is 1.92. The summed E-state index contributed by atoms with van der Waals surface area (Å²) in [5.41, 5.74) is -0.0187. The first kappa shape index (κ1) is 8.24. The largest absolute Gasteiger partial charge is 0.384 e. The van der Waals surface area contributed by atoms with Gasteiger partial charge in [-0.3, -0.25) is 0 Å². The third-order valence-electron chi connectivity index (χ3n) is 4.21. The Morgan fingerprint density at radius 1 is 1.42 bits per heavy atom. The quantitative estimate of drug-likeness (QED) is 0.568. The van der Waals surface area contributed by atoms with E-state index in [9.17, 15) is 5.11 Å². The zero-order valence-corrected chi connectivity index (χ0v) is 8.02. The van der Waals surface area contributed by atoms with Crippen molar-refractivity contribution < 1.29 is 5.11 Å². The molecule has 12 heavy (non-hydrogen) atoms. The van der Waals surface area contributed by atoms with Gasteiger partial charge in [-0.05, 0) is 37.0 Å². The van der Waals surface area contributed by atoms with E-state index in [4.69, 9.17) is 5.41 Å². The van der Waals surface area contributed by atoms with Gasteiger partial charge in [-0.25, -0.2) is 0 Å². The van der Waals surface area contributed by atoms with Crippen LogP contribution in [0.5, 0.6) is 0 Å². The molecule has 3 fully saturated rings. The highest BCUT2D eigenvalue weighted by Crippen LogP contribution is 2.61. The average molecular weight is 167 g/mol. The van der Waals surface area contributed by atoms with E-state index in [0.717, 1.165) is 12.8 Å². The highest BCUT2D eigenvalue weighted by Gasteiger charge is 2.61. The molecule has 0 radical (unpaired) electrons. The number of rotatable bonds is 0. The highest BCUT2D eigenvalue weighted by molar-refractivity contribution is 5.91. The summed E-state index contributed by atoms with van der Waals surface area (Å²) < 4.78 is 0. The van der Waals surface area contributed by atoms with Gasteiger partial charge in [0.05, 0.1) is 0 Å². The van der Waals surface area contributed by atoms with Crippen molar-refractivity contribution in [2.45, 2.75) is 39.2 Å². The van der Waals surface area contributed by atoms with E-state index in [1.54, 1.807) is 6.92 Å². The minimum absolute atomic E-state index is 0.258. The lowest BCUT2D eigenvalue weighted by molar-refractivity contribution is -0.134. The lowest BCUT2D eigenvalue weighted by atomic mass is 9.44. The van der Waals surface area contributed by atoms with E-state index in [2.05, 4.69) is 13.8 Å². The molecule has 3 saturated carbocycles. The molecule has 3 rings (SSSR count). The standard InChI is InChI=1S/C10H17NO/c1-9(2)6-4-7(9)10(3,12)8(11)5-6/h6-7,11-12H,4-5H2,1-3H3/t6?,7?,10-/m0/s1. The Labute approximate surface area is 73.5 Å². The van der Waals surface area contributed by atoms with Crippen LogP contribution in [0.3, 0.4) is 0 Å². The van der Waals surface area contributed by atoms with Crippen molar-refractivity contribution >= 4 is 5.71 Å². The van der Waals surface area contributed by atoms with Gasteiger partial charge in [-0.15, -0.1) is 0 Å². The van der Waals surface area contributed by atoms with Crippen molar-refractivity contribution in [1.29, 1.82) is 5.41 Å². The maximum atomic E-state index is 10.1. The van der Waals surface area contributed by atoms with E-state index in [1.165, 1.54) is 0 Å². The van der Waals surface area contributed by atoms with Crippen LogP contribution in [0.2, 0.25) is 0 Å². The number of fused-ring (bicyclic) bond motifs is 2. The first-order valence-corrected chi connectivity index (χ1v) is 4.67. The van der Waals surface area contributed by atoms with E-state index < -0.39 is 5.60 Å². The topological polar surface area (TPSA) is 44.1 Å². The third kappa shape index (κ3) is 0.717. The molecule has 0 aromatic rings. The van der Waals surface area contributed by atoms with Gasteiger partial charge in [0.25, 0.3) is 0 Å². The Bertz CT molecular complexity index is 242. The molecular formula is C10H17NO. The molecule has 3 atom stereocenters. The van der Waals surface area contributed by atoms with Gasteiger partial charge in [-0.2, -0.15) is 0 Å². The molecule has 0 spiro atoms. The molecule has 3 aliphatic carbocycles. The molecule has 0 heterocycles. The smallest absolute Gasteiger partial charge is 0.102 e. The van der Waals surface area contributed by atoms with Gasteiger partial charge in [0.15, 0.2) is 0 Å². The van der Waals surface area contributed by atoms with Gasteiger partial charge < -0.3 is 10.5 Å². The van der Waals surface area contributed by atoms with Crippen molar-refractivity contribution in [1.82, 2.24) is 0 Å². The molecule has 0 saturated heterocycles. The molecule has 0 aromatic carbocycles. The number of nitrogens with one attached hydrogen (secondary N) is 1. The number of aliphatic hydroxyl groups is 1. The molecule has 2 bridgehead atoms. The molecule has 0 aromatic heterocycles. The molecule has 0 amide bonds. The van der Waals surface area contributed by atoms with Crippen LogP contribution in [-0.4, -0.2) is 16.4 Å². The molecule has 3 aliphatic rings. The maximum absolute atomic E-state index is 10.1. The fraction of sp³-hybridized carbons (Fsp3) is 0.900. The van der Waals surface area contributed by atoms with E-state index in [-0.39, 0.29) is 5.41 Å². The fourth-order valence-corrected chi connectivity index (χ4v) is 2.98. The summed E-state index contributed by atoms with van der Waals surface area (Å²) in [6, 6.07) is 0. The second-order valence-corrected chi connectivity index (χ2v) is 5.14. The SMILES string of the molecule is CC1(C)C2CC(=N)[C@@](C)(O)C1C2. The van der Waals surface area contributed by atoms with Crippen LogP contribution in [0.4, 0.5) is 0 Å². The van der Waals surface area contributed by atoms with Crippen LogP contribution in [0.15, 0.2) is 0 Å². The summed E-state index contributed by atoms with van der Waals surface area (Å²) in [6.45, 7) is 6.23. The van der Waals surface area contributed by atoms with Crippen LogP contribution in [0, 0.1) is 22.7 Å².